The van der Waals surface area contributed by atoms with Crippen LogP contribution in [0.15, 0.2) is 24.3 Å². The zero-order valence-electron chi connectivity index (χ0n) is 14.5. The number of carbonyl (C=O) groups is 2. The fourth-order valence-corrected chi connectivity index (χ4v) is 2.06. The Morgan fingerprint density at radius 2 is 1.74 bits per heavy atom. The van der Waals surface area contributed by atoms with Crippen molar-refractivity contribution in [3.63, 3.8) is 0 Å². The molecular weight excluding hydrogens is 292 g/mol. The molecule has 0 heterocycles. The molecule has 0 saturated carbocycles. The molecule has 5 nitrogen and oxygen atoms in total. The minimum absolute atomic E-state index is 0.175. The van der Waals surface area contributed by atoms with Gasteiger partial charge in [0.25, 0.3) is 0 Å². The Morgan fingerprint density at radius 3 is 2.30 bits per heavy atom. The summed E-state index contributed by atoms with van der Waals surface area (Å²) in [7, 11) is 0. The maximum absolute atomic E-state index is 11.9. The van der Waals surface area contributed by atoms with Gasteiger partial charge in [0.2, 0.25) is 0 Å². The number of benzene rings is 1. The topological polar surface area (TPSA) is 67.4 Å². The van der Waals surface area contributed by atoms with Gasteiger partial charge in [0, 0.05) is 13.2 Å². The number of hydrogen-bond acceptors (Lipinski definition) is 3. The van der Waals surface area contributed by atoms with Crippen molar-refractivity contribution in [2.45, 2.75) is 52.7 Å². The van der Waals surface area contributed by atoms with Gasteiger partial charge in [0.05, 0.1) is 12.1 Å². The van der Waals surface area contributed by atoms with Gasteiger partial charge in [0.1, 0.15) is 0 Å². The molecule has 0 spiro atoms. The Labute approximate surface area is 138 Å². The average Bonchev–Trinajstić information content (AvgIpc) is 2.53. The van der Waals surface area contributed by atoms with E-state index in [4.69, 9.17) is 4.74 Å². The van der Waals surface area contributed by atoms with Crippen LogP contribution in [0, 0.1) is 0 Å². The number of amides is 2. The summed E-state index contributed by atoms with van der Waals surface area (Å²) in [5.41, 5.74) is 2.22. The SMILES string of the molecule is CCc1ccc(C(C)NC(=O)C(=O)NCCCOC(C)C)cc1. The lowest BCUT2D eigenvalue weighted by Crippen LogP contribution is -2.41. The molecule has 1 aromatic carbocycles. The second kappa shape index (κ2) is 10.0. The standard InChI is InChI=1S/C18H28N2O3/c1-5-15-7-9-16(10-8-15)14(4)20-18(22)17(21)19-11-6-12-23-13(2)3/h7-10,13-14H,5-6,11-12H2,1-4H3,(H,19,21)(H,20,22). The minimum atomic E-state index is -0.609. The molecule has 1 aromatic rings. The van der Waals surface area contributed by atoms with E-state index in [1.165, 1.54) is 5.56 Å². The summed E-state index contributed by atoms with van der Waals surface area (Å²) in [6, 6.07) is 7.82. The van der Waals surface area contributed by atoms with Crippen molar-refractivity contribution in [1.29, 1.82) is 0 Å². The predicted molar refractivity (Wildman–Crippen MR) is 91.1 cm³/mol. The summed E-state index contributed by atoms with van der Waals surface area (Å²) in [5, 5.41) is 5.31. The van der Waals surface area contributed by atoms with Crippen LogP contribution in [0.3, 0.4) is 0 Å². The van der Waals surface area contributed by atoms with Gasteiger partial charge in [0.15, 0.2) is 0 Å². The lowest BCUT2D eigenvalue weighted by atomic mass is 10.1. The summed E-state index contributed by atoms with van der Waals surface area (Å²) in [4.78, 5) is 23.6. The van der Waals surface area contributed by atoms with Crippen molar-refractivity contribution in [3.8, 4) is 0 Å². The Balaban J connectivity index is 2.34. The lowest BCUT2D eigenvalue weighted by molar-refractivity contribution is -0.139. The molecule has 0 aliphatic rings. The quantitative estimate of drug-likeness (QED) is 0.571. The zero-order chi connectivity index (χ0) is 17.2. The molecule has 128 valence electrons. The summed E-state index contributed by atoms with van der Waals surface area (Å²) in [5.74, 6) is -1.21. The van der Waals surface area contributed by atoms with Crippen molar-refractivity contribution in [2.24, 2.45) is 0 Å². The normalized spacial score (nSPS) is 12.0. The fourth-order valence-electron chi connectivity index (χ4n) is 2.06. The smallest absolute Gasteiger partial charge is 0.309 e. The van der Waals surface area contributed by atoms with E-state index in [0.29, 0.717) is 19.6 Å². The molecule has 0 bridgehead atoms. The minimum Gasteiger partial charge on any atom is -0.379 e. The van der Waals surface area contributed by atoms with Crippen molar-refractivity contribution < 1.29 is 14.3 Å². The molecule has 1 rings (SSSR count). The van der Waals surface area contributed by atoms with Crippen LogP contribution in [-0.4, -0.2) is 31.1 Å². The molecule has 0 saturated heterocycles. The van der Waals surface area contributed by atoms with Crippen molar-refractivity contribution >= 4 is 11.8 Å². The van der Waals surface area contributed by atoms with Gasteiger partial charge in [-0.3, -0.25) is 9.59 Å². The molecule has 0 fully saturated rings. The highest BCUT2D eigenvalue weighted by Gasteiger charge is 2.16. The molecule has 0 aromatic heterocycles. The average molecular weight is 320 g/mol. The van der Waals surface area contributed by atoms with Gasteiger partial charge in [-0.15, -0.1) is 0 Å². The largest absolute Gasteiger partial charge is 0.379 e. The Hall–Kier alpha value is -1.88. The zero-order valence-corrected chi connectivity index (χ0v) is 14.5. The highest BCUT2D eigenvalue weighted by Crippen LogP contribution is 2.13. The third kappa shape index (κ3) is 7.28. The van der Waals surface area contributed by atoms with E-state index >= 15 is 0 Å². The van der Waals surface area contributed by atoms with Crippen molar-refractivity contribution in [2.75, 3.05) is 13.2 Å². The molecular formula is C18H28N2O3. The van der Waals surface area contributed by atoms with E-state index in [1.807, 2.05) is 45.0 Å². The van der Waals surface area contributed by atoms with Crippen LogP contribution in [0.2, 0.25) is 0 Å². The Morgan fingerprint density at radius 1 is 1.09 bits per heavy atom. The van der Waals surface area contributed by atoms with E-state index in [1.54, 1.807) is 0 Å². The van der Waals surface area contributed by atoms with E-state index in [9.17, 15) is 9.59 Å². The third-order valence-corrected chi connectivity index (χ3v) is 3.50. The number of nitrogens with one attached hydrogen (secondary N) is 2. The summed E-state index contributed by atoms with van der Waals surface area (Å²) >= 11 is 0. The predicted octanol–water partition coefficient (Wildman–Crippen LogP) is 2.36. The van der Waals surface area contributed by atoms with Crippen LogP contribution in [0.4, 0.5) is 0 Å². The monoisotopic (exact) mass is 320 g/mol. The van der Waals surface area contributed by atoms with Gasteiger partial charge in [-0.25, -0.2) is 0 Å². The number of ether oxygens (including phenoxy) is 1. The van der Waals surface area contributed by atoms with Crippen LogP contribution in [0.25, 0.3) is 0 Å². The molecule has 1 unspecified atom stereocenters. The van der Waals surface area contributed by atoms with Crippen molar-refractivity contribution in [1.82, 2.24) is 10.6 Å². The summed E-state index contributed by atoms with van der Waals surface area (Å²) < 4.78 is 5.37. The first-order valence-corrected chi connectivity index (χ1v) is 8.23. The Bertz CT molecular complexity index is 497. The maximum atomic E-state index is 11.9. The van der Waals surface area contributed by atoms with Crippen LogP contribution in [-0.2, 0) is 20.7 Å². The highest BCUT2D eigenvalue weighted by atomic mass is 16.5. The molecule has 0 aliphatic carbocycles. The van der Waals surface area contributed by atoms with Crippen LogP contribution < -0.4 is 10.6 Å². The first-order chi connectivity index (χ1) is 10.9. The van der Waals surface area contributed by atoms with Crippen LogP contribution in [0.5, 0.6) is 0 Å². The van der Waals surface area contributed by atoms with Gasteiger partial charge in [-0.2, -0.15) is 0 Å². The molecule has 0 radical (unpaired) electrons. The first-order valence-electron chi connectivity index (χ1n) is 8.23. The van der Waals surface area contributed by atoms with Gasteiger partial charge < -0.3 is 15.4 Å². The lowest BCUT2D eigenvalue weighted by Gasteiger charge is -2.14. The molecule has 5 heteroatoms. The van der Waals surface area contributed by atoms with Gasteiger partial charge in [-0.1, -0.05) is 31.2 Å². The first kappa shape index (κ1) is 19.2. The fraction of sp³-hybridized carbons (Fsp3) is 0.556. The van der Waals surface area contributed by atoms with Gasteiger partial charge in [-0.05, 0) is 44.7 Å². The van der Waals surface area contributed by atoms with Crippen molar-refractivity contribution in [3.05, 3.63) is 35.4 Å². The van der Waals surface area contributed by atoms with Gasteiger partial charge >= 0.3 is 11.8 Å². The number of rotatable bonds is 8. The number of carbonyl (C=O) groups excluding carboxylic acids is 2. The second-order valence-corrected chi connectivity index (χ2v) is 5.82. The summed E-state index contributed by atoms with van der Waals surface area (Å²) in [6.45, 7) is 8.87. The van der Waals surface area contributed by atoms with E-state index < -0.39 is 11.8 Å². The molecule has 2 amide bonds. The second-order valence-electron chi connectivity index (χ2n) is 5.82. The third-order valence-electron chi connectivity index (χ3n) is 3.50. The van der Waals surface area contributed by atoms with E-state index in [2.05, 4.69) is 17.6 Å². The molecule has 1 atom stereocenters. The molecule has 0 aliphatic heterocycles. The molecule has 23 heavy (non-hydrogen) atoms. The maximum Gasteiger partial charge on any atom is 0.309 e. The number of aryl methyl sites for hydroxylation is 1. The summed E-state index contributed by atoms with van der Waals surface area (Å²) in [6.07, 6.45) is 1.84. The number of hydrogen-bond donors (Lipinski definition) is 2. The van der Waals surface area contributed by atoms with Crippen LogP contribution >= 0.6 is 0 Å². The highest BCUT2D eigenvalue weighted by molar-refractivity contribution is 6.35. The van der Waals surface area contributed by atoms with E-state index in [-0.39, 0.29) is 12.1 Å². The molecule has 2 N–H and O–H groups in total. The Kier molecular flexibility index (Phi) is 8.33. The van der Waals surface area contributed by atoms with Crippen LogP contribution in [0.1, 0.15) is 51.3 Å². The van der Waals surface area contributed by atoms with E-state index in [0.717, 1.165) is 12.0 Å².